The molecule has 0 atom stereocenters. The molecule has 0 fully saturated rings. The van der Waals surface area contributed by atoms with Crippen molar-refractivity contribution in [1.82, 2.24) is 5.16 Å². The van der Waals surface area contributed by atoms with E-state index >= 15 is 0 Å². The number of nitrogens with one attached hydrogen (secondary N) is 1. The predicted molar refractivity (Wildman–Crippen MR) is 77.9 cm³/mol. The second-order valence-electron chi connectivity index (χ2n) is 3.58. The molecule has 0 spiro atoms. The van der Waals surface area contributed by atoms with Crippen molar-refractivity contribution in [1.29, 1.82) is 0 Å². The van der Waals surface area contributed by atoms with Crippen LogP contribution >= 0.6 is 24.0 Å². The average molecular weight is 279 g/mol. The van der Waals surface area contributed by atoms with Crippen molar-refractivity contribution in [2.45, 2.75) is 11.4 Å². The average Bonchev–Trinajstić information content (AvgIpc) is 2.88. The van der Waals surface area contributed by atoms with Crippen LogP contribution in [0.4, 0.5) is 5.69 Å². The molecule has 0 aliphatic rings. The highest BCUT2D eigenvalue weighted by molar-refractivity contribution is 7.98. The number of thiocarbonyl (C=S) groups is 1. The van der Waals surface area contributed by atoms with E-state index in [0.717, 1.165) is 21.9 Å². The Morgan fingerprint density at radius 1 is 1.50 bits per heavy atom. The van der Waals surface area contributed by atoms with Crippen LogP contribution < -0.4 is 11.1 Å². The van der Waals surface area contributed by atoms with Crippen molar-refractivity contribution in [2.24, 2.45) is 5.73 Å². The van der Waals surface area contributed by atoms with E-state index < -0.39 is 0 Å². The van der Waals surface area contributed by atoms with Crippen molar-refractivity contribution in [3.8, 4) is 0 Å². The second kappa shape index (κ2) is 5.88. The number of nitrogens with two attached hydrogens (primary N) is 1. The van der Waals surface area contributed by atoms with Gasteiger partial charge in [0.25, 0.3) is 0 Å². The Kier molecular flexibility index (Phi) is 4.22. The van der Waals surface area contributed by atoms with Crippen molar-refractivity contribution in [2.75, 3.05) is 11.6 Å². The van der Waals surface area contributed by atoms with E-state index in [2.05, 4.69) is 10.5 Å². The first-order valence-corrected chi connectivity index (χ1v) is 6.96. The molecule has 1 aromatic heterocycles. The zero-order valence-electron chi connectivity index (χ0n) is 9.84. The molecule has 0 saturated carbocycles. The fourth-order valence-electron chi connectivity index (χ4n) is 1.62. The van der Waals surface area contributed by atoms with Crippen LogP contribution in [0.15, 0.2) is 39.9 Å². The first-order valence-electron chi connectivity index (χ1n) is 5.32. The number of rotatable bonds is 5. The highest BCUT2D eigenvalue weighted by Crippen LogP contribution is 2.27. The number of aromatic nitrogens is 1. The van der Waals surface area contributed by atoms with Crippen molar-refractivity contribution in [3.05, 3.63) is 41.8 Å². The van der Waals surface area contributed by atoms with Gasteiger partial charge in [0.15, 0.2) is 5.76 Å². The minimum Gasteiger partial charge on any atom is -0.389 e. The highest BCUT2D eigenvalue weighted by atomic mass is 32.2. The van der Waals surface area contributed by atoms with E-state index in [1.54, 1.807) is 18.0 Å². The molecule has 1 aromatic carbocycles. The predicted octanol–water partition coefficient (Wildman–Crippen LogP) is 2.64. The van der Waals surface area contributed by atoms with Gasteiger partial charge in [-0.2, -0.15) is 0 Å². The number of benzene rings is 1. The quantitative estimate of drug-likeness (QED) is 0.648. The van der Waals surface area contributed by atoms with E-state index in [0.29, 0.717) is 11.5 Å². The van der Waals surface area contributed by atoms with Crippen LogP contribution in [-0.2, 0) is 6.54 Å². The summed E-state index contributed by atoms with van der Waals surface area (Å²) >= 11 is 6.72. The molecule has 2 rings (SSSR count). The molecule has 0 aliphatic heterocycles. The Hall–Kier alpha value is -1.53. The van der Waals surface area contributed by atoms with Gasteiger partial charge in [-0.3, -0.25) is 0 Å². The standard InChI is InChI=1S/C12H13N3OS2/c1-18-10-4-2-3-9(11(10)12(13)17)14-7-8-5-6-15-16-8/h2-6,14H,7H2,1H3,(H2,13,17). The first-order chi connectivity index (χ1) is 8.72. The van der Waals surface area contributed by atoms with Gasteiger partial charge < -0.3 is 15.6 Å². The van der Waals surface area contributed by atoms with Crippen LogP contribution in [-0.4, -0.2) is 16.4 Å². The summed E-state index contributed by atoms with van der Waals surface area (Å²) in [6.07, 6.45) is 3.61. The maximum absolute atomic E-state index is 5.78. The zero-order chi connectivity index (χ0) is 13.0. The molecule has 0 saturated heterocycles. The monoisotopic (exact) mass is 279 g/mol. The van der Waals surface area contributed by atoms with Crippen LogP contribution in [0.1, 0.15) is 11.3 Å². The summed E-state index contributed by atoms with van der Waals surface area (Å²) in [7, 11) is 0. The lowest BCUT2D eigenvalue weighted by Crippen LogP contribution is -2.14. The van der Waals surface area contributed by atoms with E-state index in [9.17, 15) is 0 Å². The Labute approximate surface area is 115 Å². The number of hydrogen-bond donors (Lipinski definition) is 2. The number of thioether (sulfide) groups is 1. The smallest absolute Gasteiger partial charge is 0.155 e. The molecule has 0 unspecified atom stereocenters. The lowest BCUT2D eigenvalue weighted by atomic mass is 10.1. The van der Waals surface area contributed by atoms with Crippen LogP contribution in [0, 0.1) is 0 Å². The van der Waals surface area contributed by atoms with Gasteiger partial charge in [0.05, 0.1) is 12.7 Å². The lowest BCUT2D eigenvalue weighted by Gasteiger charge is -2.13. The number of nitrogens with zero attached hydrogens (tertiary/aromatic N) is 1. The third-order valence-corrected chi connectivity index (χ3v) is 3.42. The molecule has 1 heterocycles. The molecule has 0 bridgehead atoms. The Bertz CT molecular complexity index is 540. The Morgan fingerprint density at radius 2 is 2.33 bits per heavy atom. The van der Waals surface area contributed by atoms with Crippen LogP contribution in [0.25, 0.3) is 0 Å². The first kappa shape index (κ1) is 12.9. The molecular weight excluding hydrogens is 266 g/mol. The summed E-state index contributed by atoms with van der Waals surface area (Å²) in [6, 6.07) is 7.73. The summed E-state index contributed by atoms with van der Waals surface area (Å²) in [6.45, 7) is 0.549. The minimum absolute atomic E-state index is 0.389. The molecule has 18 heavy (non-hydrogen) atoms. The van der Waals surface area contributed by atoms with Crippen LogP contribution in [0.5, 0.6) is 0 Å². The molecule has 0 aliphatic carbocycles. The van der Waals surface area contributed by atoms with Crippen molar-refractivity contribution in [3.63, 3.8) is 0 Å². The Balaban J connectivity index is 2.24. The van der Waals surface area contributed by atoms with Gasteiger partial charge in [-0.05, 0) is 18.4 Å². The van der Waals surface area contributed by atoms with Gasteiger partial charge in [-0.15, -0.1) is 11.8 Å². The maximum atomic E-state index is 5.78. The minimum atomic E-state index is 0.389. The number of hydrogen-bond acceptors (Lipinski definition) is 5. The van der Waals surface area contributed by atoms with E-state index in [1.165, 1.54) is 0 Å². The fourth-order valence-corrected chi connectivity index (χ4v) is 2.54. The third kappa shape index (κ3) is 2.83. The van der Waals surface area contributed by atoms with Gasteiger partial charge in [0.1, 0.15) is 4.99 Å². The van der Waals surface area contributed by atoms with Gasteiger partial charge in [-0.1, -0.05) is 23.4 Å². The van der Waals surface area contributed by atoms with Crippen molar-refractivity contribution >= 4 is 34.7 Å². The van der Waals surface area contributed by atoms with Gasteiger partial charge in [0, 0.05) is 22.2 Å². The summed E-state index contributed by atoms with van der Waals surface area (Å²) in [4.78, 5) is 1.45. The summed E-state index contributed by atoms with van der Waals surface area (Å²) in [5.74, 6) is 0.762. The summed E-state index contributed by atoms with van der Waals surface area (Å²) < 4.78 is 5.03. The van der Waals surface area contributed by atoms with E-state index in [1.807, 2.05) is 30.5 Å². The van der Waals surface area contributed by atoms with Crippen LogP contribution in [0.2, 0.25) is 0 Å². The molecule has 0 amide bonds. The van der Waals surface area contributed by atoms with Gasteiger partial charge >= 0.3 is 0 Å². The molecule has 6 heteroatoms. The molecular formula is C12H13N3OS2. The van der Waals surface area contributed by atoms with Crippen LogP contribution in [0.3, 0.4) is 0 Å². The topological polar surface area (TPSA) is 64.1 Å². The van der Waals surface area contributed by atoms with Crippen molar-refractivity contribution < 1.29 is 4.52 Å². The SMILES string of the molecule is CSc1cccc(NCc2ccno2)c1C(N)=S. The summed E-state index contributed by atoms with van der Waals surface area (Å²) in [5, 5.41) is 6.91. The van der Waals surface area contributed by atoms with E-state index in [-0.39, 0.29) is 0 Å². The largest absolute Gasteiger partial charge is 0.389 e. The fraction of sp³-hybridized carbons (Fsp3) is 0.167. The molecule has 94 valence electrons. The highest BCUT2D eigenvalue weighted by Gasteiger charge is 2.10. The normalized spacial score (nSPS) is 10.3. The van der Waals surface area contributed by atoms with Gasteiger partial charge in [0.2, 0.25) is 0 Å². The molecule has 4 nitrogen and oxygen atoms in total. The molecule has 2 aromatic rings. The van der Waals surface area contributed by atoms with E-state index in [4.69, 9.17) is 22.5 Å². The number of anilines is 1. The van der Waals surface area contributed by atoms with Gasteiger partial charge in [-0.25, -0.2) is 0 Å². The molecule has 0 radical (unpaired) electrons. The lowest BCUT2D eigenvalue weighted by molar-refractivity contribution is 0.388. The molecule has 3 N–H and O–H groups in total. The maximum Gasteiger partial charge on any atom is 0.155 e. The Morgan fingerprint density at radius 3 is 2.94 bits per heavy atom. The summed E-state index contributed by atoms with van der Waals surface area (Å²) in [5.41, 5.74) is 7.56. The second-order valence-corrected chi connectivity index (χ2v) is 4.87. The third-order valence-electron chi connectivity index (χ3n) is 2.44. The zero-order valence-corrected chi connectivity index (χ0v) is 11.5.